The number of nitrogens with zero attached hydrogens (tertiary/aromatic N) is 1. The van der Waals surface area contributed by atoms with Crippen molar-refractivity contribution in [1.82, 2.24) is 10.6 Å². The van der Waals surface area contributed by atoms with Crippen LogP contribution in [0.25, 0.3) is 0 Å². The Morgan fingerprint density at radius 2 is 2.00 bits per heavy atom. The molecule has 3 N–H and O–H groups in total. The van der Waals surface area contributed by atoms with E-state index in [1.165, 1.54) is 5.69 Å². The van der Waals surface area contributed by atoms with Gasteiger partial charge in [0.1, 0.15) is 0 Å². The lowest BCUT2D eigenvalue weighted by Gasteiger charge is -2.33. The van der Waals surface area contributed by atoms with E-state index in [1.54, 1.807) is 0 Å². The average molecular weight is 336 g/mol. The summed E-state index contributed by atoms with van der Waals surface area (Å²) in [6.07, 6.45) is 1.95. The van der Waals surface area contributed by atoms with Crippen molar-refractivity contribution < 1.29 is 5.11 Å². The van der Waals surface area contributed by atoms with Crippen molar-refractivity contribution in [3.63, 3.8) is 0 Å². The monoisotopic (exact) mass is 335 g/mol. The van der Waals surface area contributed by atoms with Crippen molar-refractivity contribution in [3.8, 4) is 0 Å². The molecule has 0 aromatic heterocycles. The molecule has 1 aliphatic heterocycles. The summed E-state index contributed by atoms with van der Waals surface area (Å²) in [5.41, 5.74) is 0.658. The molecule has 0 aliphatic carbocycles. The highest BCUT2D eigenvalue weighted by Crippen LogP contribution is 2.14. The lowest BCUT2D eigenvalue weighted by Crippen LogP contribution is -2.52. The zero-order valence-corrected chi connectivity index (χ0v) is 14.2. The Labute approximate surface area is 140 Å². The van der Waals surface area contributed by atoms with Crippen LogP contribution in [-0.2, 0) is 0 Å². The molecule has 2 rings (SSSR count). The van der Waals surface area contributed by atoms with Gasteiger partial charge in [0.15, 0.2) is 0 Å². The molecule has 0 saturated carbocycles. The van der Waals surface area contributed by atoms with Crippen LogP contribution in [0.15, 0.2) is 30.3 Å². The van der Waals surface area contributed by atoms with Gasteiger partial charge in [-0.25, -0.2) is 0 Å². The van der Waals surface area contributed by atoms with Crippen LogP contribution in [-0.4, -0.2) is 50.5 Å². The summed E-state index contributed by atoms with van der Waals surface area (Å²) >= 11 is 0. The van der Waals surface area contributed by atoms with Crippen LogP contribution < -0.4 is 15.5 Å². The van der Waals surface area contributed by atoms with Gasteiger partial charge >= 0.3 is 0 Å². The highest BCUT2D eigenvalue weighted by molar-refractivity contribution is 5.85. The Balaban J connectivity index is 0.00000200. The third kappa shape index (κ3) is 6.85. The normalized spacial score (nSPS) is 21.0. The maximum absolute atomic E-state index is 10.3. The van der Waals surface area contributed by atoms with Gasteiger partial charge in [0.25, 0.3) is 0 Å². The third-order valence-electron chi connectivity index (χ3n) is 3.72. The molecule has 0 radical (unpaired) electrons. The van der Waals surface area contributed by atoms with Crippen LogP contribution in [0.2, 0.25) is 0 Å². The smallest absolute Gasteiger partial charge is 0.0895 e. The number of anilines is 1. The number of para-hydroxylation sites is 1. The van der Waals surface area contributed by atoms with Gasteiger partial charge in [-0.3, -0.25) is 0 Å². The van der Waals surface area contributed by atoms with Crippen LogP contribution in [0.5, 0.6) is 0 Å². The number of nitrogens with one attached hydrogen (secondary N) is 2. The van der Waals surface area contributed by atoms with E-state index in [-0.39, 0.29) is 24.8 Å². The van der Waals surface area contributed by atoms with E-state index in [4.69, 9.17) is 0 Å². The molecule has 1 fully saturated rings. The van der Waals surface area contributed by atoms with Gasteiger partial charge in [-0.05, 0) is 31.5 Å². The number of hydrogen-bond acceptors (Lipinski definition) is 4. The Kier molecular flexibility index (Phi) is 9.99. The van der Waals surface area contributed by atoms with Gasteiger partial charge in [0.05, 0.1) is 5.60 Å². The molecule has 1 aliphatic rings. The molecule has 21 heavy (non-hydrogen) atoms. The number of aliphatic hydroxyl groups is 1. The highest BCUT2D eigenvalue weighted by Gasteiger charge is 2.28. The molecule has 1 heterocycles. The number of halogens is 2. The molecule has 1 unspecified atom stereocenters. The van der Waals surface area contributed by atoms with Crippen molar-refractivity contribution in [2.45, 2.75) is 18.4 Å². The second-order valence-corrected chi connectivity index (χ2v) is 5.44. The van der Waals surface area contributed by atoms with Gasteiger partial charge in [-0.1, -0.05) is 18.2 Å². The first-order chi connectivity index (χ1) is 9.20. The van der Waals surface area contributed by atoms with Crippen molar-refractivity contribution in [2.24, 2.45) is 0 Å². The molecular formula is C15H27Cl2N3O. The predicted octanol–water partition coefficient (Wildman–Crippen LogP) is 1.67. The van der Waals surface area contributed by atoms with Crippen molar-refractivity contribution in [1.29, 1.82) is 0 Å². The Hall–Kier alpha value is -0.520. The molecule has 1 saturated heterocycles. The molecule has 0 bridgehead atoms. The highest BCUT2D eigenvalue weighted by atomic mass is 35.5. The SMILES string of the molecule is CN(CCNCC1(O)CCCNC1)c1ccccc1.Cl.Cl. The molecule has 4 nitrogen and oxygen atoms in total. The summed E-state index contributed by atoms with van der Waals surface area (Å²) in [7, 11) is 2.09. The minimum atomic E-state index is -0.566. The van der Waals surface area contributed by atoms with E-state index in [9.17, 15) is 5.11 Å². The minimum absolute atomic E-state index is 0. The first-order valence-corrected chi connectivity index (χ1v) is 7.10. The molecule has 0 spiro atoms. The average Bonchev–Trinajstić information content (AvgIpc) is 2.45. The van der Waals surface area contributed by atoms with E-state index >= 15 is 0 Å². The summed E-state index contributed by atoms with van der Waals surface area (Å²) in [6.45, 7) is 4.22. The van der Waals surface area contributed by atoms with E-state index in [1.807, 2.05) is 6.07 Å². The van der Waals surface area contributed by atoms with Crippen LogP contribution in [0.1, 0.15) is 12.8 Å². The fourth-order valence-electron chi connectivity index (χ4n) is 2.48. The van der Waals surface area contributed by atoms with E-state index in [2.05, 4.69) is 46.8 Å². The first kappa shape index (κ1) is 20.5. The van der Waals surface area contributed by atoms with Gasteiger partial charge in [0.2, 0.25) is 0 Å². The van der Waals surface area contributed by atoms with E-state index < -0.39 is 5.60 Å². The van der Waals surface area contributed by atoms with Crippen molar-refractivity contribution in [3.05, 3.63) is 30.3 Å². The van der Waals surface area contributed by atoms with Gasteiger partial charge in [0, 0.05) is 38.9 Å². The summed E-state index contributed by atoms with van der Waals surface area (Å²) < 4.78 is 0. The fraction of sp³-hybridized carbons (Fsp3) is 0.600. The summed E-state index contributed by atoms with van der Waals surface area (Å²) in [4.78, 5) is 2.22. The number of piperidine rings is 1. The van der Waals surface area contributed by atoms with Crippen LogP contribution in [0.3, 0.4) is 0 Å². The molecule has 1 aromatic rings. The van der Waals surface area contributed by atoms with Crippen LogP contribution in [0.4, 0.5) is 5.69 Å². The number of β-amino-alcohol motifs (C(OH)–C–C–N with tert-alkyl or cyclic N) is 1. The predicted molar refractivity (Wildman–Crippen MR) is 94.1 cm³/mol. The number of hydrogen-bond donors (Lipinski definition) is 3. The Bertz CT molecular complexity index is 372. The second-order valence-electron chi connectivity index (χ2n) is 5.44. The molecule has 1 atom stereocenters. The van der Waals surface area contributed by atoms with Gasteiger partial charge in [-0.15, -0.1) is 24.8 Å². The minimum Gasteiger partial charge on any atom is -0.387 e. The molecule has 122 valence electrons. The molecular weight excluding hydrogens is 309 g/mol. The molecule has 1 aromatic carbocycles. The quantitative estimate of drug-likeness (QED) is 0.692. The first-order valence-electron chi connectivity index (χ1n) is 7.10. The Morgan fingerprint density at radius 3 is 2.62 bits per heavy atom. The Morgan fingerprint density at radius 1 is 1.29 bits per heavy atom. The standard InChI is InChI=1S/C15H25N3O.2ClH/c1-18(14-6-3-2-4-7-14)11-10-17-13-15(19)8-5-9-16-12-15;;/h2-4,6-7,16-17,19H,5,8-13H2,1H3;2*1H. The van der Waals surface area contributed by atoms with Crippen LogP contribution in [0, 0.1) is 0 Å². The number of likely N-dealkylation sites (N-methyl/N-ethyl adjacent to an activating group) is 1. The maximum atomic E-state index is 10.3. The molecule has 0 amide bonds. The number of rotatable bonds is 6. The summed E-state index contributed by atoms with van der Waals surface area (Å²) in [5.74, 6) is 0. The zero-order chi connectivity index (χ0) is 13.6. The van der Waals surface area contributed by atoms with Crippen molar-refractivity contribution in [2.75, 3.05) is 44.7 Å². The van der Waals surface area contributed by atoms with Crippen molar-refractivity contribution >= 4 is 30.5 Å². The number of benzene rings is 1. The largest absolute Gasteiger partial charge is 0.387 e. The van der Waals surface area contributed by atoms with Crippen LogP contribution >= 0.6 is 24.8 Å². The van der Waals surface area contributed by atoms with Gasteiger partial charge < -0.3 is 20.6 Å². The maximum Gasteiger partial charge on any atom is 0.0895 e. The third-order valence-corrected chi connectivity index (χ3v) is 3.72. The fourth-order valence-corrected chi connectivity index (χ4v) is 2.48. The lowest BCUT2D eigenvalue weighted by molar-refractivity contribution is 0.0175. The summed E-state index contributed by atoms with van der Waals surface area (Å²) in [6, 6.07) is 10.4. The topological polar surface area (TPSA) is 47.5 Å². The lowest BCUT2D eigenvalue weighted by atomic mass is 9.94. The zero-order valence-electron chi connectivity index (χ0n) is 12.5. The summed E-state index contributed by atoms with van der Waals surface area (Å²) in [5, 5.41) is 16.9. The van der Waals surface area contributed by atoms with E-state index in [0.717, 1.165) is 32.5 Å². The van der Waals surface area contributed by atoms with Gasteiger partial charge in [-0.2, -0.15) is 0 Å². The van der Waals surface area contributed by atoms with E-state index in [0.29, 0.717) is 13.1 Å². The molecule has 6 heteroatoms. The second kappa shape index (κ2) is 10.2.